The summed E-state index contributed by atoms with van der Waals surface area (Å²) in [6.45, 7) is 7.04. The molecule has 3 atom stereocenters. The van der Waals surface area contributed by atoms with E-state index in [2.05, 4.69) is 15.5 Å². The van der Waals surface area contributed by atoms with Gasteiger partial charge in [0, 0.05) is 12.6 Å². The number of carbonyl (C=O) groups is 1. The third kappa shape index (κ3) is 5.35. The first-order valence-electron chi connectivity index (χ1n) is 7.95. The summed E-state index contributed by atoms with van der Waals surface area (Å²) in [6, 6.07) is 0.158. The summed E-state index contributed by atoms with van der Waals surface area (Å²) >= 11 is 0. The summed E-state index contributed by atoms with van der Waals surface area (Å²) in [5.41, 5.74) is -0.686. The van der Waals surface area contributed by atoms with Gasteiger partial charge in [-0.25, -0.2) is 13.6 Å². The van der Waals surface area contributed by atoms with Crippen LogP contribution in [-0.2, 0) is 4.74 Å². The van der Waals surface area contributed by atoms with Crippen molar-refractivity contribution in [3.8, 4) is 0 Å². The van der Waals surface area contributed by atoms with Gasteiger partial charge < -0.3 is 20.3 Å². The number of ether oxygens (including phenoxy) is 1. The van der Waals surface area contributed by atoms with Crippen LogP contribution >= 0.6 is 0 Å². The first kappa shape index (κ1) is 17.4. The Kier molecular flexibility index (Phi) is 5.27. The highest BCUT2D eigenvalue weighted by molar-refractivity contribution is 5.67. The topological polar surface area (TPSA) is 53.6 Å². The Morgan fingerprint density at radius 1 is 1.23 bits per heavy atom. The molecule has 0 aromatic rings. The number of hydrogen-bond donors (Lipinski definition) is 2. The molecule has 2 aliphatic rings. The van der Waals surface area contributed by atoms with E-state index in [0.29, 0.717) is 5.92 Å². The van der Waals surface area contributed by atoms with Gasteiger partial charge >= 0.3 is 6.09 Å². The maximum Gasteiger partial charge on any atom is 0.407 e. The number of nitrogens with zero attached hydrogens (tertiary/aromatic N) is 1. The SMILES string of the molecule is CC(C)(C)OC(=O)NCC(F)(F)CNC1CCN2CCC1C2. The molecule has 2 fully saturated rings. The van der Waals surface area contributed by atoms with Gasteiger partial charge in [-0.1, -0.05) is 0 Å². The van der Waals surface area contributed by atoms with Crippen LogP contribution < -0.4 is 10.6 Å². The minimum absolute atomic E-state index is 0.158. The zero-order valence-electron chi connectivity index (χ0n) is 13.6. The lowest BCUT2D eigenvalue weighted by atomic mass is 9.94. The van der Waals surface area contributed by atoms with Crippen LogP contribution in [0.4, 0.5) is 13.6 Å². The summed E-state index contributed by atoms with van der Waals surface area (Å²) in [5, 5.41) is 5.13. The molecule has 1 amide bonds. The molecule has 2 rings (SSSR count). The van der Waals surface area contributed by atoms with Crippen molar-refractivity contribution in [2.75, 3.05) is 32.7 Å². The van der Waals surface area contributed by atoms with E-state index in [1.54, 1.807) is 20.8 Å². The van der Waals surface area contributed by atoms with Crippen molar-refractivity contribution in [3.05, 3.63) is 0 Å². The van der Waals surface area contributed by atoms with Gasteiger partial charge in [-0.15, -0.1) is 0 Å². The smallest absolute Gasteiger partial charge is 0.407 e. The van der Waals surface area contributed by atoms with Crippen LogP contribution in [0.3, 0.4) is 0 Å². The Morgan fingerprint density at radius 2 is 1.91 bits per heavy atom. The van der Waals surface area contributed by atoms with Crippen molar-refractivity contribution in [1.29, 1.82) is 0 Å². The highest BCUT2D eigenvalue weighted by Crippen LogP contribution is 2.27. The normalized spacial score (nSPS) is 28.5. The van der Waals surface area contributed by atoms with Gasteiger partial charge in [0.05, 0.1) is 13.1 Å². The second-order valence-electron chi connectivity index (χ2n) is 7.34. The summed E-state index contributed by atoms with van der Waals surface area (Å²) < 4.78 is 32.7. The highest BCUT2D eigenvalue weighted by atomic mass is 19.3. The zero-order chi connectivity index (χ0) is 16.4. The van der Waals surface area contributed by atoms with E-state index >= 15 is 0 Å². The van der Waals surface area contributed by atoms with E-state index in [0.717, 1.165) is 32.5 Å². The third-order valence-electron chi connectivity index (χ3n) is 4.15. The Hall–Kier alpha value is -0.950. The molecular weight excluding hydrogens is 292 g/mol. The van der Waals surface area contributed by atoms with Crippen LogP contribution in [0.2, 0.25) is 0 Å². The van der Waals surface area contributed by atoms with Gasteiger partial charge in [-0.2, -0.15) is 0 Å². The van der Waals surface area contributed by atoms with Crippen molar-refractivity contribution in [1.82, 2.24) is 15.5 Å². The van der Waals surface area contributed by atoms with Crippen molar-refractivity contribution in [2.24, 2.45) is 5.92 Å². The minimum Gasteiger partial charge on any atom is -0.444 e. The van der Waals surface area contributed by atoms with Crippen LogP contribution in [0.1, 0.15) is 33.6 Å². The van der Waals surface area contributed by atoms with Gasteiger partial charge in [0.2, 0.25) is 0 Å². The number of piperidine rings is 1. The number of halogens is 2. The molecule has 128 valence electrons. The summed E-state index contributed by atoms with van der Waals surface area (Å²) in [5.74, 6) is -2.50. The fraction of sp³-hybridized carbons (Fsp3) is 0.933. The molecule has 2 bridgehead atoms. The van der Waals surface area contributed by atoms with Crippen LogP contribution in [-0.4, -0.2) is 61.3 Å². The lowest BCUT2D eigenvalue weighted by Crippen LogP contribution is -2.50. The number of amides is 1. The highest BCUT2D eigenvalue weighted by Gasteiger charge is 2.37. The fourth-order valence-corrected chi connectivity index (χ4v) is 3.08. The molecule has 22 heavy (non-hydrogen) atoms. The van der Waals surface area contributed by atoms with Gasteiger partial charge in [0.15, 0.2) is 0 Å². The standard InChI is InChI=1S/C15H27F2N3O2/c1-14(2,3)22-13(21)19-10-15(16,17)9-18-12-5-7-20-6-4-11(12)8-20/h11-12,18H,4-10H2,1-3H3,(H,19,21). The molecule has 3 unspecified atom stereocenters. The first-order valence-corrected chi connectivity index (χ1v) is 7.95. The number of alkyl carbamates (subject to hydrolysis) is 1. The predicted molar refractivity (Wildman–Crippen MR) is 80.1 cm³/mol. The van der Waals surface area contributed by atoms with Gasteiger partial charge in [-0.05, 0) is 52.6 Å². The molecule has 2 heterocycles. The van der Waals surface area contributed by atoms with Crippen LogP contribution in [0.5, 0.6) is 0 Å². The van der Waals surface area contributed by atoms with Crippen molar-refractivity contribution >= 4 is 6.09 Å². The number of alkyl halides is 2. The maximum atomic E-state index is 13.9. The zero-order valence-corrected chi connectivity index (χ0v) is 13.6. The first-order chi connectivity index (χ1) is 10.1. The fourth-order valence-electron chi connectivity index (χ4n) is 3.08. The molecule has 2 saturated heterocycles. The van der Waals surface area contributed by atoms with Gasteiger partial charge in [-0.3, -0.25) is 0 Å². The van der Waals surface area contributed by atoms with Crippen LogP contribution in [0.15, 0.2) is 0 Å². The average Bonchev–Trinajstić information content (AvgIpc) is 2.76. The Balaban J connectivity index is 1.70. The average molecular weight is 319 g/mol. The van der Waals surface area contributed by atoms with E-state index in [4.69, 9.17) is 4.74 Å². The Morgan fingerprint density at radius 3 is 2.59 bits per heavy atom. The second-order valence-corrected chi connectivity index (χ2v) is 7.34. The molecule has 0 saturated carbocycles. The molecular formula is C15H27F2N3O2. The quantitative estimate of drug-likeness (QED) is 0.812. The molecule has 0 aromatic heterocycles. The summed E-state index contributed by atoms with van der Waals surface area (Å²) in [6.07, 6.45) is 1.19. The minimum atomic E-state index is -2.98. The molecule has 0 aromatic carbocycles. The van der Waals surface area contributed by atoms with Crippen LogP contribution in [0, 0.1) is 5.92 Å². The van der Waals surface area contributed by atoms with E-state index < -0.39 is 30.7 Å². The van der Waals surface area contributed by atoms with Crippen molar-refractivity contribution in [2.45, 2.75) is 51.2 Å². The molecule has 2 aliphatic heterocycles. The van der Waals surface area contributed by atoms with E-state index in [9.17, 15) is 13.6 Å². The molecule has 2 N–H and O–H groups in total. The monoisotopic (exact) mass is 319 g/mol. The largest absolute Gasteiger partial charge is 0.444 e. The summed E-state index contributed by atoms with van der Waals surface area (Å²) in [4.78, 5) is 13.8. The van der Waals surface area contributed by atoms with E-state index in [1.807, 2.05) is 0 Å². The molecule has 0 aliphatic carbocycles. The number of nitrogens with one attached hydrogen (secondary N) is 2. The molecule has 0 radical (unpaired) electrons. The Labute approximate surface area is 130 Å². The van der Waals surface area contributed by atoms with Gasteiger partial charge in [0.25, 0.3) is 5.92 Å². The summed E-state index contributed by atoms with van der Waals surface area (Å²) in [7, 11) is 0. The van der Waals surface area contributed by atoms with E-state index in [-0.39, 0.29) is 6.04 Å². The van der Waals surface area contributed by atoms with Crippen molar-refractivity contribution in [3.63, 3.8) is 0 Å². The maximum absolute atomic E-state index is 13.9. The number of fused-ring (bicyclic) bond motifs is 2. The van der Waals surface area contributed by atoms with E-state index in [1.165, 1.54) is 0 Å². The Bertz CT molecular complexity index is 399. The van der Waals surface area contributed by atoms with Crippen molar-refractivity contribution < 1.29 is 18.3 Å². The molecule has 5 nitrogen and oxygen atoms in total. The number of rotatable bonds is 5. The van der Waals surface area contributed by atoms with Gasteiger partial charge in [0.1, 0.15) is 5.60 Å². The lowest BCUT2D eigenvalue weighted by Gasteiger charge is -2.32. The third-order valence-corrected chi connectivity index (χ3v) is 4.15. The molecule has 7 heteroatoms. The number of hydrogen-bond acceptors (Lipinski definition) is 4. The lowest BCUT2D eigenvalue weighted by molar-refractivity contribution is -0.00805. The second kappa shape index (κ2) is 6.66. The predicted octanol–water partition coefficient (Wildman–Crippen LogP) is 1.83. The van der Waals surface area contributed by atoms with Crippen LogP contribution in [0.25, 0.3) is 0 Å². The number of carbonyl (C=O) groups excluding carboxylic acids is 1. The molecule has 0 spiro atoms.